The Kier molecular flexibility index (Phi) is 3.84. The fourth-order valence-electron chi connectivity index (χ4n) is 1.90. The highest BCUT2D eigenvalue weighted by Crippen LogP contribution is 2.16. The van der Waals surface area contributed by atoms with Crippen molar-refractivity contribution in [2.75, 3.05) is 5.43 Å². The van der Waals surface area contributed by atoms with Crippen LogP contribution in [0.3, 0.4) is 0 Å². The minimum atomic E-state index is -0.501. The molecule has 1 heterocycles. The Bertz CT molecular complexity index is 903. The molecule has 2 N–H and O–H groups in total. The molecule has 0 aliphatic heterocycles. The van der Waals surface area contributed by atoms with Crippen molar-refractivity contribution in [2.45, 2.75) is 0 Å². The molecule has 7 heteroatoms. The molecule has 2 aromatic carbocycles. The summed E-state index contributed by atoms with van der Waals surface area (Å²) in [5.74, 6) is -0.485. The molecule has 3 rings (SSSR count). The first-order valence-corrected chi connectivity index (χ1v) is 6.75. The molecular weight excluding hydrogens is 307 g/mol. The Morgan fingerprint density at radius 2 is 2.05 bits per heavy atom. The number of H-pyrrole nitrogens is 1. The SMILES string of the molecule is O=c1[nH]c2ccccc2nc1N/N=C\c1c(F)cccc1Cl. The number of hydrazone groups is 1. The van der Waals surface area contributed by atoms with Crippen molar-refractivity contribution < 1.29 is 4.39 Å². The maximum absolute atomic E-state index is 13.6. The summed E-state index contributed by atoms with van der Waals surface area (Å²) in [5.41, 5.74) is 3.45. The van der Waals surface area contributed by atoms with E-state index in [2.05, 4.69) is 20.5 Å². The molecular formula is C15H10ClFN4O. The summed E-state index contributed by atoms with van der Waals surface area (Å²) in [7, 11) is 0. The van der Waals surface area contributed by atoms with Crippen LogP contribution in [0, 0.1) is 5.82 Å². The van der Waals surface area contributed by atoms with Gasteiger partial charge in [-0.05, 0) is 24.3 Å². The fraction of sp³-hybridized carbons (Fsp3) is 0. The Morgan fingerprint density at radius 3 is 2.86 bits per heavy atom. The molecule has 0 saturated heterocycles. The third-order valence-corrected chi connectivity index (χ3v) is 3.29. The van der Waals surface area contributed by atoms with Crippen molar-refractivity contribution in [3.8, 4) is 0 Å². The van der Waals surface area contributed by atoms with Gasteiger partial charge in [-0.3, -0.25) is 10.2 Å². The van der Waals surface area contributed by atoms with Crippen LogP contribution in [0.4, 0.5) is 10.2 Å². The number of aromatic nitrogens is 2. The molecule has 0 fully saturated rings. The Labute approximate surface area is 129 Å². The molecule has 0 unspecified atom stereocenters. The van der Waals surface area contributed by atoms with Crippen LogP contribution in [0.2, 0.25) is 5.02 Å². The molecule has 0 spiro atoms. The van der Waals surface area contributed by atoms with Crippen LogP contribution in [0.1, 0.15) is 5.56 Å². The number of nitrogens with zero attached hydrogens (tertiary/aromatic N) is 2. The highest BCUT2D eigenvalue weighted by Gasteiger charge is 2.05. The first kappa shape index (κ1) is 14.2. The average Bonchev–Trinajstić information content (AvgIpc) is 2.50. The monoisotopic (exact) mass is 316 g/mol. The lowest BCUT2D eigenvalue weighted by Gasteiger charge is -2.02. The van der Waals surface area contributed by atoms with Crippen LogP contribution >= 0.6 is 11.6 Å². The summed E-state index contributed by atoms with van der Waals surface area (Å²) in [5, 5.41) is 4.05. The minimum Gasteiger partial charge on any atom is -0.317 e. The van der Waals surface area contributed by atoms with Gasteiger partial charge in [-0.15, -0.1) is 0 Å². The van der Waals surface area contributed by atoms with Crippen molar-refractivity contribution in [3.63, 3.8) is 0 Å². The van der Waals surface area contributed by atoms with Gasteiger partial charge in [0.1, 0.15) is 5.82 Å². The molecule has 22 heavy (non-hydrogen) atoms. The van der Waals surface area contributed by atoms with E-state index in [0.717, 1.165) is 0 Å². The van der Waals surface area contributed by atoms with Gasteiger partial charge < -0.3 is 4.98 Å². The zero-order chi connectivity index (χ0) is 15.5. The largest absolute Gasteiger partial charge is 0.317 e. The van der Waals surface area contributed by atoms with E-state index in [1.54, 1.807) is 30.3 Å². The van der Waals surface area contributed by atoms with Crippen LogP contribution < -0.4 is 11.0 Å². The number of halogens is 2. The lowest BCUT2D eigenvalue weighted by molar-refractivity contribution is 0.626. The second-order valence-corrected chi connectivity index (χ2v) is 4.84. The van der Waals surface area contributed by atoms with Crippen molar-refractivity contribution >= 4 is 34.7 Å². The number of anilines is 1. The topological polar surface area (TPSA) is 70.1 Å². The molecule has 0 aliphatic carbocycles. The first-order chi connectivity index (χ1) is 10.6. The summed E-state index contributed by atoms with van der Waals surface area (Å²) >= 11 is 5.88. The third-order valence-electron chi connectivity index (χ3n) is 2.96. The van der Waals surface area contributed by atoms with E-state index in [4.69, 9.17) is 11.6 Å². The Balaban J connectivity index is 1.89. The summed E-state index contributed by atoms with van der Waals surface area (Å²) in [6.45, 7) is 0. The number of hydrogen-bond donors (Lipinski definition) is 2. The molecule has 0 bridgehead atoms. The van der Waals surface area contributed by atoms with Crippen molar-refractivity contribution in [2.24, 2.45) is 5.10 Å². The molecule has 0 radical (unpaired) electrons. The van der Waals surface area contributed by atoms with Gasteiger partial charge in [-0.1, -0.05) is 29.8 Å². The van der Waals surface area contributed by atoms with E-state index in [1.165, 1.54) is 18.3 Å². The molecule has 3 aromatic rings. The van der Waals surface area contributed by atoms with Crippen LogP contribution in [-0.4, -0.2) is 16.2 Å². The number of aromatic amines is 1. The maximum atomic E-state index is 13.6. The molecule has 0 saturated carbocycles. The van der Waals surface area contributed by atoms with Gasteiger partial charge in [0.25, 0.3) is 5.56 Å². The minimum absolute atomic E-state index is 0.0161. The lowest BCUT2D eigenvalue weighted by atomic mass is 10.2. The zero-order valence-corrected chi connectivity index (χ0v) is 11.9. The quantitative estimate of drug-likeness (QED) is 0.576. The zero-order valence-electron chi connectivity index (χ0n) is 11.2. The second kappa shape index (κ2) is 5.95. The highest BCUT2D eigenvalue weighted by atomic mass is 35.5. The maximum Gasteiger partial charge on any atom is 0.293 e. The summed E-state index contributed by atoms with van der Waals surface area (Å²) < 4.78 is 13.6. The van der Waals surface area contributed by atoms with E-state index >= 15 is 0 Å². The van der Waals surface area contributed by atoms with Crippen LogP contribution in [0.5, 0.6) is 0 Å². The normalized spacial score (nSPS) is 11.2. The van der Waals surface area contributed by atoms with Gasteiger partial charge in [-0.2, -0.15) is 5.10 Å². The van der Waals surface area contributed by atoms with Crippen LogP contribution in [0.15, 0.2) is 52.4 Å². The predicted octanol–water partition coefficient (Wildman–Crippen LogP) is 3.16. The van der Waals surface area contributed by atoms with Gasteiger partial charge in [0.15, 0.2) is 0 Å². The number of fused-ring (bicyclic) bond motifs is 1. The lowest BCUT2D eigenvalue weighted by Crippen LogP contribution is -2.13. The van der Waals surface area contributed by atoms with Crippen LogP contribution in [-0.2, 0) is 0 Å². The number of rotatable bonds is 3. The van der Waals surface area contributed by atoms with Crippen molar-refractivity contribution in [1.29, 1.82) is 0 Å². The molecule has 5 nitrogen and oxygen atoms in total. The van der Waals surface area contributed by atoms with Gasteiger partial charge in [-0.25, -0.2) is 9.37 Å². The Morgan fingerprint density at radius 1 is 1.23 bits per heavy atom. The van der Waals surface area contributed by atoms with E-state index in [-0.39, 0.29) is 16.4 Å². The highest BCUT2D eigenvalue weighted by molar-refractivity contribution is 6.33. The molecule has 1 aromatic heterocycles. The van der Waals surface area contributed by atoms with Gasteiger partial charge in [0, 0.05) is 5.56 Å². The Hall–Kier alpha value is -2.73. The number of nitrogens with one attached hydrogen (secondary N) is 2. The van der Waals surface area contributed by atoms with Gasteiger partial charge in [0.05, 0.1) is 22.3 Å². The number of para-hydroxylation sites is 2. The van der Waals surface area contributed by atoms with Gasteiger partial charge >= 0.3 is 0 Å². The van der Waals surface area contributed by atoms with Crippen LogP contribution in [0.25, 0.3) is 11.0 Å². The summed E-state index contributed by atoms with van der Waals surface area (Å²) in [6.07, 6.45) is 1.20. The van der Waals surface area contributed by atoms with Crippen molar-refractivity contribution in [3.05, 3.63) is 69.2 Å². The van der Waals surface area contributed by atoms with E-state index in [0.29, 0.717) is 11.0 Å². The summed E-state index contributed by atoms with van der Waals surface area (Å²) in [6, 6.07) is 11.4. The fourth-order valence-corrected chi connectivity index (χ4v) is 2.11. The second-order valence-electron chi connectivity index (χ2n) is 4.44. The van der Waals surface area contributed by atoms with E-state index < -0.39 is 11.4 Å². The molecule has 0 atom stereocenters. The standard InChI is InChI=1S/C15H10ClFN4O/c16-10-4-3-5-11(17)9(10)8-18-21-14-15(22)20-13-7-2-1-6-12(13)19-14/h1-8H,(H,19,21)(H,20,22)/b18-8-. The molecule has 110 valence electrons. The van der Waals surface area contributed by atoms with Crippen molar-refractivity contribution in [1.82, 2.24) is 9.97 Å². The third kappa shape index (κ3) is 2.82. The van der Waals surface area contributed by atoms with E-state index in [9.17, 15) is 9.18 Å². The predicted molar refractivity (Wildman–Crippen MR) is 85.0 cm³/mol. The first-order valence-electron chi connectivity index (χ1n) is 6.37. The number of hydrogen-bond acceptors (Lipinski definition) is 4. The smallest absolute Gasteiger partial charge is 0.293 e. The van der Waals surface area contributed by atoms with Gasteiger partial charge in [0.2, 0.25) is 5.82 Å². The molecule has 0 amide bonds. The summed E-state index contributed by atoms with van der Waals surface area (Å²) in [4.78, 5) is 18.7. The average molecular weight is 317 g/mol. The van der Waals surface area contributed by atoms with E-state index in [1.807, 2.05) is 0 Å². The molecule has 0 aliphatic rings. The number of benzene rings is 2.